The summed E-state index contributed by atoms with van der Waals surface area (Å²) in [5, 5.41) is 3.11. The lowest BCUT2D eigenvalue weighted by molar-refractivity contribution is -0.121. The second kappa shape index (κ2) is 5.56. The maximum atomic E-state index is 12.6. The number of carbonyl (C=O) groups is 2. The molecule has 0 radical (unpaired) electrons. The largest absolute Gasteiger partial charge is 0.454 e. The summed E-state index contributed by atoms with van der Waals surface area (Å²) in [6, 6.07) is 12.1. The van der Waals surface area contributed by atoms with Crippen molar-refractivity contribution in [3.8, 4) is 11.5 Å². The van der Waals surface area contributed by atoms with Crippen LogP contribution in [0.2, 0.25) is 0 Å². The van der Waals surface area contributed by atoms with Crippen LogP contribution in [0.25, 0.3) is 0 Å². The Morgan fingerprint density at radius 2 is 1.79 bits per heavy atom. The quantitative estimate of drug-likeness (QED) is 0.879. The van der Waals surface area contributed by atoms with Crippen molar-refractivity contribution in [2.75, 3.05) is 17.0 Å². The molecule has 4 rings (SSSR count). The van der Waals surface area contributed by atoms with E-state index < -0.39 is 6.04 Å². The van der Waals surface area contributed by atoms with Gasteiger partial charge in [0, 0.05) is 11.8 Å². The number of aryl methyl sites for hydroxylation is 1. The highest BCUT2D eigenvalue weighted by Crippen LogP contribution is 2.35. The van der Waals surface area contributed by atoms with Gasteiger partial charge in [0.15, 0.2) is 11.5 Å². The van der Waals surface area contributed by atoms with E-state index in [1.165, 1.54) is 4.90 Å². The van der Waals surface area contributed by atoms with Crippen molar-refractivity contribution in [1.29, 1.82) is 0 Å². The molecule has 122 valence electrons. The van der Waals surface area contributed by atoms with E-state index in [2.05, 4.69) is 5.32 Å². The van der Waals surface area contributed by atoms with Crippen LogP contribution < -0.4 is 19.7 Å². The first-order valence-corrected chi connectivity index (χ1v) is 7.71. The molecule has 1 saturated heterocycles. The summed E-state index contributed by atoms with van der Waals surface area (Å²) in [6.07, 6.45) is 0.126. The summed E-state index contributed by atoms with van der Waals surface area (Å²) in [4.78, 5) is 26.1. The normalized spacial score (nSPS) is 19.0. The zero-order chi connectivity index (χ0) is 16.7. The summed E-state index contributed by atoms with van der Waals surface area (Å²) in [6.45, 7) is 2.15. The molecule has 2 aromatic carbocycles. The summed E-state index contributed by atoms with van der Waals surface area (Å²) in [5.74, 6) is 0.853. The van der Waals surface area contributed by atoms with Gasteiger partial charge < -0.3 is 14.8 Å². The van der Waals surface area contributed by atoms with Crippen molar-refractivity contribution in [2.45, 2.75) is 19.4 Å². The highest BCUT2D eigenvalue weighted by Gasteiger charge is 2.39. The predicted octanol–water partition coefficient (Wildman–Crippen LogP) is 2.47. The number of nitrogens with zero attached hydrogens (tertiary/aromatic N) is 1. The standard InChI is InChI=1S/C18H16N2O4/c1-11-2-5-13(6-3-11)20-17(21)9-14(18(20)22)19-12-4-7-15-16(8-12)24-10-23-15/h2-8,14,19H,9-10H2,1H3/t14-/m0/s1. The fraction of sp³-hybridized carbons (Fsp3) is 0.222. The Labute approximate surface area is 139 Å². The highest BCUT2D eigenvalue weighted by molar-refractivity contribution is 6.23. The smallest absolute Gasteiger partial charge is 0.256 e. The molecule has 6 heteroatoms. The Hall–Kier alpha value is -3.02. The van der Waals surface area contributed by atoms with E-state index in [0.717, 1.165) is 11.3 Å². The number of rotatable bonds is 3. The Balaban J connectivity index is 1.54. The van der Waals surface area contributed by atoms with Gasteiger partial charge in [-0.05, 0) is 31.2 Å². The number of anilines is 2. The molecule has 2 heterocycles. The van der Waals surface area contributed by atoms with E-state index in [0.29, 0.717) is 17.2 Å². The topological polar surface area (TPSA) is 67.9 Å². The van der Waals surface area contributed by atoms with Crippen LogP contribution >= 0.6 is 0 Å². The number of ether oxygens (including phenoxy) is 2. The molecule has 0 bridgehead atoms. The first-order chi connectivity index (χ1) is 11.6. The van der Waals surface area contributed by atoms with Crippen LogP contribution in [0.1, 0.15) is 12.0 Å². The fourth-order valence-corrected chi connectivity index (χ4v) is 2.90. The maximum Gasteiger partial charge on any atom is 0.256 e. The second-order valence-corrected chi connectivity index (χ2v) is 5.87. The Morgan fingerprint density at radius 3 is 2.58 bits per heavy atom. The molecule has 0 saturated carbocycles. The summed E-state index contributed by atoms with van der Waals surface area (Å²) in [5.41, 5.74) is 2.40. The molecule has 2 aromatic rings. The van der Waals surface area contributed by atoms with E-state index >= 15 is 0 Å². The van der Waals surface area contributed by atoms with Crippen molar-refractivity contribution in [3.63, 3.8) is 0 Å². The van der Waals surface area contributed by atoms with Crippen LogP contribution in [-0.2, 0) is 9.59 Å². The van der Waals surface area contributed by atoms with Crippen molar-refractivity contribution < 1.29 is 19.1 Å². The molecule has 0 aromatic heterocycles. The Morgan fingerprint density at radius 1 is 1.04 bits per heavy atom. The zero-order valence-electron chi connectivity index (χ0n) is 13.1. The SMILES string of the molecule is Cc1ccc(N2C(=O)C[C@H](Nc3ccc4c(c3)OCO4)C2=O)cc1. The minimum absolute atomic E-state index is 0.126. The zero-order valence-corrected chi connectivity index (χ0v) is 13.1. The first kappa shape index (κ1) is 14.6. The van der Waals surface area contributed by atoms with Gasteiger partial charge in [0.1, 0.15) is 6.04 Å². The monoisotopic (exact) mass is 324 g/mol. The molecule has 1 atom stereocenters. The molecular weight excluding hydrogens is 308 g/mol. The minimum Gasteiger partial charge on any atom is -0.454 e. The number of amides is 2. The number of hydrogen-bond donors (Lipinski definition) is 1. The van der Waals surface area contributed by atoms with Gasteiger partial charge in [-0.15, -0.1) is 0 Å². The van der Waals surface area contributed by atoms with Crippen LogP contribution in [-0.4, -0.2) is 24.6 Å². The van der Waals surface area contributed by atoms with Gasteiger partial charge in [-0.3, -0.25) is 9.59 Å². The molecule has 1 N–H and O–H groups in total. The van der Waals surface area contributed by atoms with E-state index in [9.17, 15) is 9.59 Å². The lowest BCUT2D eigenvalue weighted by Gasteiger charge is -2.16. The molecular formula is C18H16N2O4. The molecule has 2 aliphatic heterocycles. The van der Waals surface area contributed by atoms with Crippen LogP contribution in [0.4, 0.5) is 11.4 Å². The van der Waals surface area contributed by atoms with E-state index in [-0.39, 0.29) is 25.0 Å². The lowest BCUT2D eigenvalue weighted by Crippen LogP contribution is -2.34. The first-order valence-electron chi connectivity index (χ1n) is 7.71. The molecule has 0 aliphatic carbocycles. The molecule has 24 heavy (non-hydrogen) atoms. The van der Waals surface area contributed by atoms with E-state index in [1.807, 2.05) is 19.1 Å². The van der Waals surface area contributed by atoms with Crippen LogP contribution in [0.5, 0.6) is 11.5 Å². The second-order valence-electron chi connectivity index (χ2n) is 5.87. The Bertz CT molecular complexity index is 816. The number of hydrogen-bond acceptors (Lipinski definition) is 5. The third-order valence-electron chi connectivity index (χ3n) is 4.15. The number of imide groups is 1. The predicted molar refractivity (Wildman–Crippen MR) is 88.3 cm³/mol. The lowest BCUT2D eigenvalue weighted by atomic mass is 10.2. The third-order valence-corrected chi connectivity index (χ3v) is 4.15. The van der Waals surface area contributed by atoms with Crippen molar-refractivity contribution >= 4 is 23.2 Å². The van der Waals surface area contributed by atoms with Crippen LogP contribution in [0.3, 0.4) is 0 Å². The van der Waals surface area contributed by atoms with Gasteiger partial charge in [0.05, 0.1) is 12.1 Å². The van der Waals surface area contributed by atoms with Crippen molar-refractivity contribution in [2.24, 2.45) is 0 Å². The maximum absolute atomic E-state index is 12.6. The van der Waals surface area contributed by atoms with E-state index in [4.69, 9.17) is 9.47 Å². The molecule has 6 nitrogen and oxygen atoms in total. The van der Waals surface area contributed by atoms with E-state index in [1.54, 1.807) is 30.3 Å². The third kappa shape index (κ3) is 2.46. The molecule has 0 spiro atoms. The summed E-state index contributed by atoms with van der Waals surface area (Å²) < 4.78 is 10.6. The van der Waals surface area contributed by atoms with Gasteiger partial charge >= 0.3 is 0 Å². The van der Waals surface area contributed by atoms with Gasteiger partial charge in [0.25, 0.3) is 5.91 Å². The van der Waals surface area contributed by atoms with Crippen LogP contribution in [0.15, 0.2) is 42.5 Å². The van der Waals surface area contributed by atoms with Gasteiger partial charge in [-0.25, -0.2) is 4.90 Å². The van der Waals surface area contributed by atoms with Gasteiger partial charge in [-0.1, -0.05) is 17.7 Å². The summed E-state index contributed by atoms with van der Waals surface area (Å²) >= 11 is 0. The van der Waals surface area contributed by atoms with Crippen molar-refractivity contribution in [1.82, 2.24) is 0 Å². The fourth-order valence-electron chi connectivity index (χ4n) is 2.90. The summed E-state index contributed by atoms with van der Waals surface area (Å²) in [7, 11) is 0. The molecule has 2 amide bonds. The number of benzene rings is 2. The molecule has 2 aliphatic rings. The number of fused-ring (bicyclic) bond motifs is 1. The van der Waals surface area contributed by atoms with Gasteiger partial charge in [0.2, 0.25) is 12.7 Å². The molecule has 1 fully saturated rings. The van der Waals surface area contributed by atoms with Gasteiger partial charge in [-0.2, -0.15) is 0 Å². The minimum atomic E-state index is -0.584. The van der Waals surface area contributed by atoms with Crippen molar-refractivity contribution in [3.05, 3.63) is 48.0 Å². The number of carbonyl (C=O) groups excluding carboxylic acids is 2. The Kier molecular flexibility index (Phi) is 3.37. The average molecular weight is 324 g/mol. The van der Waals surface area contributed by atoms with Crippen LogP contribution in [0, 0.1) is 6.92 Å². The highest BCUT2D eigenvalue weighted by atomic mass is 16.7. The molecule has 0 unspecified atom stereocenters. The number of nitrogens with one attached hydrogen (secondary N) is 1. The average Bonchev–Trinajstić information content (AvgIpc) is 3.13.